The van der Waals surface area contributed by atoms with E-state index < -0.39 is 17.7 Å². The number of benzene rings is 3. The fourth-order valence-corrected chi connectivity index (χ4v) is 3.22. The molecule has 0 saturated heterocycles. The molecule has 0 heterocycles. The summed E-state index contributed by atoms with van der Waals surface area (Å²) in [5.41, 5.74) is 2.29. The average molecular weight is 412 g/mol. The van der Waals surface area contributed by atoms with E-state index in [1.165, 1.54) is 25.1 Å². The number of aliphatic hydroxyl groups excluding tert-OH is 1. The van der Waals surface area contributed by atoms with E-state index in [-0.39, 0.29) is 16.9 Å². The summed E-state index contributed by atoms with van der Waals surface area (Å²) >= 11 is 0. The Balaban J connectivity index is 1.70. The largest absolute Gasteiger partial charge is 0.489 e. The maximum atomic E-state index is 14.4. The van der Waals surface area contributed by atoms with Gasteiger partial charge in [0.15, 0.2) is 11.6 Å². The number of rotatable bonds is 8. The summed E-state index contributed by atoms with van der Waals surface area (Å²) in [6.07, 6.45) is 1.34. The molecule has 0 spiro atoms. The van der Waals surface area contributed by atoms with Crippen LogP contribution in [0.4, 0.5) is 13.2 Å². The van der Waals surface area contributed by atoms with E-state index in [9.17, 15) is 18.3 Å². The van der Waals surface area contributed by atoms with Crippen molar-refractivity contribution in [2.24, 2.45) is 0 Å². The number of aliphatic hydroxyl groups is 1. The van der Waals surface area contributed by atoms with Gasteiger partial charge in [-0.05, 0) is 48.6 Å². The van der Waals surface area contributed by atoms with Crippen LogP contribution < -0.4 is 4.74 Å². The zero-order valence-corrected chi connectivity index (χ0v) is 16.7. The van der Waals surface area contributed by atoms with Crippen LogP contribution in [0.25, 0.3) is 11.1 Å². The number of hydrogen-bond donors (Lipinski definition) is 1. The molecule has 0 amide bonds. The van der Waals surface area contributed by atoms with Gasteiger partial charge in [0, 0.05) is 17.2 Å². The van der Waals surface area contributed by atoms with Crippen molar-refractivity contribution in [3.63, 3.8) is 0 Å². The molecule has 0 radical (unpaired) electrons. The Kier molecular flexibility index (Phi) is 6.95. The lowest BCUT2D eigenvalue weighted by Crippen LogP contribution is -2.03. The Morgan fingerprint density at radius 2 is 1.70 bits per heavy atom. The topological polar surface area (TPSA) is 29.5 Å². The van der Waals surface area contributed by atoms with Gasteiger partial charge in [0.25, 0.3) is 0 Å². The van der Waals surface area contributed by atoms with Gasteiger partial charge >= 0.3 is 0 Å². The van der Waals surface area contributed by atoms with Gasteiger partial charge in [-0.3, -0.25) is 0 Å². The van der Waals surface area contributed by atoms with Crippen molar-refractivity contribution in [1.82, 2.24) is 0 Å². The molecule has 0 aliphatic rings. The van der Waals surface area contributed by atoms with Crippen molar-refractivity contribution in [1.29, 1.82) is 0 Å². The molecule has 5 heteroatoms. The fraction of sp³-hybridized carbons (Fsp3) is 0.200. The smallest absolute Gasteiger partial charge is 0.164 e. The minimum Gasteiger partial charge on any atom is -0.489 e. The molecule has 0 bridgehead atoms. The van der Waals surface area contributed by atoms with Crippen molar-refractivity contribution >= 4 is 0 Å². The summed E-state index contributed by atoms with van der Waals surface area (Å²) in [4.78, 5) is 0. The van der Waals surface area contributed by atoms with E-state index >= 15 is 0 Å². The van der Waals surface area contributed by atoms with Crippen LogP contribution in [0.15, 0.2) is 67.3 Å². The zero-order chi connectivity index (χ0) is 21.7. The second-order valence-corrected chi connectivity index (χ2v) is 7.06. The molecular weight excluding hydrogens is 389 g/mol. The molecule has 1 unspecified atom stereocenters. The molecule has 0 fully saturated rings. The molecule has 30 heavy (non-hydrogen) atoms. The first-order chi connectivity index (χ1) is 14.4. The van der Waals surface area contributed by atoms with Crippen LogP contribution in [0.2, 0.25) is 0 Å². The molecule has 0 aliphatic heterocycles. The third-order valence-electron chi connectivity index (χ3n) is 4.90. The third kappa shape index (κ3) is 4.92. The maximum Gasteiger partial charge on any atom is 0.164 e. The van der Waals surface area contributed by atoms with Gasteiger partial charge in [-0.15, -0.1) is 0 Å². The lowest BCUT2D eigenvalue weighted by molar-refractivity contribution is 0.192. The standard InChI is InChI=1S/C25H23F3O2/c1-3-14-30-20-11-13-22(23(26)15-20)18-7-4-17(5-8-18)6-9-19-10-12-21(16(2)29)25(28)24(19)27/h3-5,7-8,10-13,15-16,29H,1,6,9,14H2,2H3. The summed E-state index contributed by atoms with van der Waals surface area (Å²) < 4.78 is 48.0. The summed E-state index contributed by atoms with van der Waals surface area (Å²) in [6.45, 7) is 5.26. The van der Waals surface area contributed by atoms with E-state index in [0.29, 0.717) is 36.3 Å². The first-order valence-corrected chi connectivity index (χ1v) is 9.68. The Morgan fingerprint density at radius 1 is 0.967 bits per heavy atom. The first kappa shape index (κ1) is 21.7. The van der Waals surface area contributed by atoms with Gasteiger partial charge in [0.2, 0.25) is 0 Å². The summed E-state index contributed by atoms with van der Waals surface area (Å²) in [5.74, 6) is -1.89. The molecular formula is C25H23F3O2. The van der Waals surface area contributed by atoms with Gasteiger partial charge in [-0.2, -0.15) is 0 Å². The number of halogens is 3. The van der Waals surface area contributed by atoms with Gasteiger partial charge in [-0.1, -0.05) is 49.1 Å². The molecule has 3 rings (SSSR count). The molecule has 0 saturated carbocycles. The fourth-order valence-electron chi connectivity index (χ4n) is 3.22. The highest BCUT2D eigenvalue weighted by atomic mass is 19.2. The minimum atomic E-state index is -1.07. The van der Waals surface area contributed by atoms with Crippen LogP contribution in [-0.4, -0.2) is 11.7 Å². The van der Waals surface area contributed by atoms with E-state index in [0.717, 1.165) is 5.56 Å². The highest BCUT2D eigenvalue weighted by Gasteiger charge is 2.16. The van der Waals surface area contributed by atoms with E-state index in [1.807, 2.05) is 12.1 Å². The molecule has 156 valence electrons. The van der Waals surface area contributed by atoms with Crippen molar-refractivity contribution in [2.75, 3.05) is 6.61 Å². The summed E-state index contributed by atoms with van der Waals surface area (Å²) in [7, 11) is 0. The highest BCUT2D eigenvalue weighted by molar-refractivity contribution is 5.65. The SMILES string of the molecule is C=CCOc1ccc(-c2ccc(CCc3ccc(C(C)O)c(F)c3F)cc2)c(F)c1. The van der Waals surface area contributed by atoms with Crippen LogP contribution in [0.5, 0.6) is 5.75 Å². The Hall–Kier alpha value is -3.05. The molecule has 3 aromatic rings. The number of aryl methyl sites for hydroxylation is 2. The quantitative estimate of drug-likeness (QED) is 0.448. The molecule has 1 atom stereocenters. The summed E-state index contributed by atoms with van der Waals surface area (Å²) in [5, 5.41) is 9.48. The molecule has 2 nitrogen and oxygen atoms in total. The van der Waals surface area contributed by atoms with Crippen LogP contribution in [0, 0.1) is 17.5 Å². The van der Waals surface area contributed by atoms with Gasteiger partial charge < -0.3 is 9.84 Å². The Morgan fingerprint density at radius 3 is 2.33 bits per heavy atom. The average Bonchev–Trinajstić information content (AvgIpc) is 2.73. The molecule has 3 aromatic carbocycles. The molecule has 1 N–H and O–H groups in total. The van der Waals surface area contributed by atoms with Crippen LogP contribution >= 0.6 is 0 Å². The molecule has 0 aliphatic carbocycles. The minimum absolute atomic E-state index is 0.0523. The normalized spacial score (nSPS) is 11.9. The van der Waals surface area contributed by atoms with Gasteiger partial charge in [0.1, 0.15) is 18.2 Å². The second-order valence-electron chi connectivity index (χ2n) is 7.06. The van der Waals surface area contributed by atoms with E-state index in [1.54, 1.807) is 30.3 Å². The van der Waals surface area contributed by atoms with Crippen molar-refractivity contribution in [3.05, 3.63) is 101 Å². The molecule has 0 aromatic heterocycles. The monoisotopic (exact) mass is 412 g/mol. The predicted octanol–water partition coefficient (Wildman–Crippen LogP) is 6.17. The van der Waals surface area contributed by atoms with E-state index in [4.69, 9.17) is 4.74 Å². The van der Waals surface area contributed by atoms with Crippen LogP contribution in [0.1, 0.15) is 29.7 Å². The second kappa shape index (κ2) is 9.63. The maximum absolute atomic E-state index is 14.4. The van der Waals surface area contributed by atoms with Crippen molar-refractivity contribution in [2.45, 2.75) is 25.9 Å². The number of hydrogen-bond acceptors (Lipinski definition) is 2. The zero-order valence-electron chi connectivity index (χ0n) is 16.7. The summed E-state index contributed by atoms with van der Waals surface area (Å²) in [6, 6.07) is 14.9. The van der Waals surface area contributed by atoms with Crippen molar-refractivity contribution in [3.8, 4) is 16.9 Å². The highest BCUT2D eigenvalue weighted by Crippen LogP contribution is 2.27. The first-order valence-electron chi connectivity index (χ1n) is 9.68. The number of ether oxygens (including phenoxy) is 1. The lowest BCUT2D eigenvalue weighted by atomic mass is 9.98. The lowest BCUT2D eigenvalue weighted by Gasteiger charge is -2.11. The predicted molar refractivity (Wildman–Crippen MR) is 112 cm³/mol. The van der Waals surface area contributed by atoms with Gasteiger partial charge in [-0.25, -0.2) is 13.2 Å². The van der Waals surface area contributed by atoms with Crippen LogP contribution in [0.3, 0.4) is 0 Å². The van der Waals surface area contributed by atoms with E-state index in [2.05, 4.69) is 6.58 Å². The van der Waals surface area contributed by atoms with Gasteiger partial charge in [0.05, 0.1) is 6.10 Å². The van der Waals surface area contributed by atoms with Crippen molar-refractivity contribution < 1.29 is 23.0 Å². The third-order valence-corrected chi connectivity index (χ3v) is 4.90. The Bertz CT molecular complexity index is 1030. The van der Waals surface area contributed by atoms with Crippen LogP contribution in [-0.2, 0) is 12.8 Å². The Labute approximate surface area is 174 Å².